The number of rotatable bonds is 4. The molecule has 0 spiro atoms. The van der Waals surface area contributed by atoms with Crippen molar-refractivity contribution >= 4 is 17.8 Å². The van der Waals surface area contributed by atoms with E-state index in [0.29, 0.717) is 11.5 Å². The van der Waals surface area contributed by atoms with Crippen LogP contribution in [0.25, 0.3) is 0 Å². The average molecular weight is 471 g/mol. The molecule has 4 rings (SSSR count). The van der Waals surface area contributed by atoms with Gasteiger partial charge in [-0.3, -0.25) is 0 Å². The van der Waals surface area contributed by atoms with E-state index in [-0.39, 0.29) is 5.82 Å². The molecule has 1 aliphatic heterocycles. The van der Waals surface area contributed by atoms with E-state index in [2.05, 4.69) is 43.7 Å². The fraction of sp³-hybridized carbons (Fsp3) is 0.524. The lowest BCUT2D eigenvalue weighted by Gasteiger charge is -2.23. The maximum Gasteiger partial charge on any atom is 0.197 e. The fourth-order valence-corrected chi connectivity index (χ4v) is 3.04. The lowest BCUT2D eigenvalue weighted by Crippen LogP contribution is -2.30. The molecule has 11 heteroatoms. The van der Waals surface area contributed by atoms with Gasteiger partial charge in [0.15, 0.2) is 11.5 Å². The zero-order valence-corrected chi connectivity index (χ0v) is 20.0. The van der Waals surface area contributed by atoms with Gasteiger partial charge in [0.25, 0.3) is 0 Å². The summed E-state index contributed by atoms with van der Waals surface area (Å²) in [5.41, 5.74) is 10.0. The number of benzene rings is 1. The molecule has 9 nitrogen and oxygen atoms in total. The van der Waals surface area contributed by atoms with Gasteiger partial charge in [0.05, 0.1) is 13.2 Å². The zero-order chi connectivity index (χ0) is 24.4. The normalized spacial score (nSPS) is 14.7. The summed E-state index contributed by atoms with van der Waals surface area (Å²) in [6.07, 6.45) is 11.5. The van der Waals surface area contributed by atoms with Crippen LogP contribution in [0.15, 0.2) is 22.8 Å². The van der Waals surface area contributed by atoms with Gasteiger partial charge in [0.2, 0.25) is 0 Å². The molecule has 180 valence electrons. The topological polar surface area (TPSA) is 122 Å². The molecular formula is C21H35FN6O3S. The Morgan fingerprint density at radius 1 is 1.19 bits per heavy atom. The molecule has 0 bridgehead atoms. The number of nitrogens with one attached hydrogen (secondary N) is 2. The second kappa shape index (κ2) is 18.4. The number of nitrogens with zero attached hydrogens (tertiary/aromatic N) is 3. The van der Waals surface area contributed by atoms with Crippen LogP contribution in [-0.2, 0) is 17.6 Å². The van der Waals surface area contributed by atoms with E-state index < -0.39 is 6.17 Å². The van der Waals surface area contributed by atoms with Crippen LogP contribution in [0.2, 0.25) is 0 Å². The Balaban J connectivity index is 0.000000421. The smallest absolute Gasteiger partial charge is 0.197 e. The first-order chi connectivity index (χ1) is 15.6. The predicted molar refractivity (Wildman–Crippen MR) is 127 cm³/mol. The number of halogens is 1. The molecule has 1 aromatic carbocycles. The molecule has 32 heavy (non-hydrogen) atoms. The summed E-state index contributed by atoms with van der Waals surface area (Å²) in [4.78, 5) is 0. The van der Waals surface area contributed by atoms with Gasteiger partial charge in [0, 0.05) is 20.1 Å². The van der Waals surface area contributed by atoms with Crippen LogP contribution < -0.4 is 16.5 Å². The van der Waals surface area contributed by atoms with Crippen LogP contribution in [-0.4, -0.2) is 59.4 Å². The van der Waals surface area contributed by atoms with E-state index in [1.807, 2.05) is 25.4 Å². The number of ether oxygens (including phenoxy) is 1. The van der Waals surface area contributed by atoms with Crippen LogP contribution in [0.3, 0.4) is 0 Å². The van der Waals surface area contributed by atoms with E-state index >= 15 is 0 Å². The largest absolute Gasteiger partial charge is 0.379 e. The molecule has 0 amide bonds. The quantitative estimate of drug-likeness (QED) is 0.230. The van der Waals surface area contributed by atoms with Gasteiger partial charge < -0.3 is 21.0 Å². The van der Waals surface area contributed by atoms with Gasteiger partial charge in [-0.05, 0) is 52.7 Å². The van der Waals surface area contributed by atoms with Crippen LogP contribution in [0.4, 0.5) is 10.2 Å². The van der Waals surface area contributed by atoms with E-state index in [4.69, 9.17) is 15.7 Å². The molecule has 1 aliphatic carbocycles. The SMILES string of the molecule is C#C.CC.CNc1nonc1C(N)NO.CSN1CCOCC1.Fc1ccc2c(c1)CC2. The molecule has 1 aromatic heterocycles. The number of hydroxylamine groups is 1. The summed E-state index contributed by atoms with van der Waals surface area (Å²) < 4.78 is 24.2. The van der Waals surface area contributed by atoms with Crippen molar-refractivity contribution in [3.8, 4) is 12.8 Å². The minimum absolute atomic E-state index is 0.103. The van der Waals surface area contributed by atoms with Crippen molar-refractivity contribution in [1.82, 2.24) is 20.1 Å². The van der Waals surface area contributed by atoms with E-state index in [9.17, 15) is 4.39 Å². The number of aryl methyl sites for hydroxylation is 2. The number of anilines is 1. The Kier molecular flexibility index (Phi) is 17.1. The van der Waals surface area contributed by atoms with Gasteiger partial charge in [-0.1, -0.05) is 31.9 Å². The van der Waals surface area contributed by atoms with Crippen molar-refractivity contribution in [2.45, 2.75) is 32.9 Å². The standard InChI is InChI=1S/C8H7F.C5H11NOS.C4H9N5O2.C2H6.C2H2/c9-8-4-3-6-1-2-7(6)5-8;1-8-6-2-4-7-5-3-6;1-6-4-2(3(5)7-10)8-11-9-4;2*1-2/h3-5H,1-2H2;2-5H2,1H3;3,7,10H,5H2,1H3,(H,6,9);1-2H3;1-2H. The third-order valence-electron chi connectivity index (χ3n) is 4.24. The summed E-state index contributed by atoms with van der Waals surface area (Å²) >= 11 is 1.80. The molecule has 0 radical (unpaired) electrons. The minimum Gasteiger partial charge on any atom is -0.379 e. The van der Waals surface area contributed by atoms with E-state index in [0.717, 1.165) is 39.1 Å². The molecule has 1 atom stereocenters. The summed E-state index contributed by atoms with van der Waals surface area (Å²) in [5.74, 6) is 0.299. The number of hydrogen-bond donors (Lipinski definition) is 4. The first-order valence-corrected chi connectivity index (χ1v) is 11.4. The molecule has 2 heterocycles. The number of morpholine rings is 1. The third-order valence-corrected chi connectivity index (χ3v) is 5.13. The Morgan fingerprint density at radius 2 is 1.81 bits per heavy atom. The van der Waals surface area contributed by atoms with Crippen LogP contribution in [0.5, 0.6) is 0 Å². The average Bonchev–Trinajstić information content (AvgIpc) is 3.34. The first-order valence-electron chi connectivity index (χ1n) is 10.2. The van der Waals surface area contributed by atoms with Crippen LogP contribution in [0, 0.1) is 18.7 Å². The molecule has 5 N–H and O–H groups in total. The molecule has 0 saturated carbocycles. The van der Waals surface area contributed by atoms with Crippen LogP contribution in [0.1, 0.15) is 36.8 Å². The van der Waals surface area contributed by atoms with Gasteiger partial charge >= 0.3 is 0 Å². The highest BCUT2D eigenvalue weighted by Crippen LogP contribution is 2.22. The van der Waals surface area contributed by atoms with Crippen molar-refractivity contribution in [2.75, 3.05) is 44.9 Å². The Morgan fingerprint density at radius 3 is 2.22 bits per heavy atom. The summed E-state index contributed by atoms with van der Waals surface area (Å²) in [6.45, 7) is 7.98. The fourth-order valence-electron chi connectivity index (χ4n) is 2.53. The number of hydrogen-bond acceptors (Lipinski definition) is 10. The molecule has 1 saturated heterocycles. The lowest BCUT2D eigenvalue weighted by molar-refractivity contribution is 0.0775. The summed E-state index contributed by atoms with van der Waals surface area (Å²) in [7, 11) is 1.65. The monoisotopic (exact) mass is 470 g/mol. The predicted octanol–water partition coefficient (Wildman–Crippen LogP) is 2.84. The second-order valence-electron chi connectivity index (χ2n) is 5.99. The van der Waals surface area contributed by atoms with Crippen molar-refractivity contribution in [2.24, 2.45) is 5.73 Å². The minimum atomic E-state index is -0.788. The number of terminal acetylenes is 1. The Labute approximate surface area is 194 Å². The second-order valence-corrected chi connectivity index (χ2v) is 6.87. The van der Waals surface area contributed by atoms with Crippen molar-refractivity contribution < 1.29 is 19.0 Å². The maximum absolute atomic E-state index is 12.4. The lowest BCUT2D eigenvalue weighted by atomic mass is 9.89. The highest BCUT2D eigenvalue weighted by molar-refractivity contribution is 7.96. The van der Waals surface area contributed by atoms with Gasteiger partial charge in [-0.15, -0.1) is 12.8 Å². The van der Waals surface area contributed by atoms with Crippen LogP contribution >= 0.6 is 11.9 Å². The summed E-state index contributed by atoms with van der Waals surface area (Å²) in [5, 5.41) is 18.0. The van der Waals surface area contributed by atoms with Crippen molar-refractivity contribution in [3.63, 3.8) is 0 Å². The molecule has 1 unspecified atom stereocenters. The maximum atomic E-state index is 12.4. The zero-order valence-electron chi connectivity index (χ0n) is 19.2. The van der Waals surface area contributed by atoms with Gasteiger partial charge in [-0.2, -0.15) is 5.48 Å². The molecule has 2 aliphatic rings. The molecular weight excluding hydrogens is 435 g/mol. The summed E-state index contributed by atoms with van der Waals surface area (Å²) in [6, 6.07) is 5.02. The highest BCUT2D eigenvalue weighted by Gasteiger charge is 2.15. The first kappa shape index (κ1) is 29.8. The van der Waals surface area contributed by atoms with Gasteiger partial charge in [0.1, 0.15) is 12.0 Å². The highest BCUT2D eigenvalue weighted by atomic mass is 32.2. The molecule has 2 aromatic rings. The third kappa shape index (κ3) is 10.4. The van der Waals surface area contributed by atoms with Crippen molar-refractivity contribution in [3.05, 3.63) is 40.8 Å². The van der Waals surface area contributed by atoms with E-state index in [1.165, 1.54) is 17.2 Å². The Bertz CT molecular complexity index is 756. The van der Waals surface area contributed by atoms with Crippen molar-refractivity contribution in [1.29, 1.82) is 0 Å². The number of fused-ring (bicyclic) bond motifs is 1. The van der Waals surface area contributed by atoms with Gasteiger partial charge in [-0.25, -0.2) is 13.3 Å². The number of nitrogens with two attached hydrogens (primary N) is 1. The number of aromatic nitrogens is 2. The van der Waals surface area contributed by atoms with E-state index in [1.54, 1.807) is 25.1 Å². The molecule has 1 fully saturated rings. The Hall–Kier alpha value is -2.20.